The molecular formula is C13H18O2. The maximum absolute atomic E-state index is 10.0. The van der Waals surface area contributed by atoms with Gasteiger partial charge in [0.15, 0.2) is 0 Å². The van der Waals surface area contributed by atoms with Crippen LogP contribution in [0.15, 0.2) is 24.3 Å². The summed E-state index contributed by atoms with van der Waals surface area (Å²) in [6, 6.07) is 8.22. The molecule has 1 aliphatic heterocycles. The minimum atomic E-state index is -0.578. The van der Waals surface area contributed by atoms with Crippen LogP contribution in [0.3, 0.4) is 0 Å². The summed E-state index contributed by atoms with van der Waals surface area (Å²) >= 11 is 0. The minimum absolute atomic E-state index is 0.0509. The lowest BCUT2D eigenvalue weighted by Crippen LogP contribution is -2.34. The lowest BCUT2D eigenvalue weighted by Gasteiger charge is -2.34. The van der Waals surface area contributed by atoms with E-state index in [1.54, 1.807) is 0 Å². The summed E-state index contributed by atoms with van der Waals surface area (Å²) in [5.41, 5.74) is 1.86. The first-order chi connectivity index (χ1) is 7.08. The number of aliphatic hydroxyl groups is 1. The monoisotopic (exact) mass is 206 g/mol. The van der Waals surface area contributed by atoms with Crippen LogP contribution in [0.1, 0.15) is 37.0 Å². The van der Waals surface area contributed by atoms with Crippen LogP contribution < -0.4 is 0 Å². The van der Waals surface area contributed by atoms with E-state index in [0.717, 1.165) is 6.42 Å². The number of hydrogen-bond acceptors (Lipinski definition) is 2. The third kappa shape index (κ3) is 2.39. The molecule has 0 spiro atoms. The molecule has 0 aromatic heterocycles. The summed E-state index contributed by atoms with van der Waals surface area (Å²) in [5, 5.41) is 10.0. The maximum atomic E-state index is 10.0. The van der Waals surface area contributed by atoms with Crippen molar-refractivity contribution < 1.29 is 9.84 Å². The molecular weight excluding hydrogens is 188 g/mol. The molecule has 1 N–H and O–H groups in total. The molecule has 1 aromatic rings. The lowest BCUT2D eigenvalue weighted by molar-refractivity contribution is -0.0953. The van der Waals surface area contributed by atoms with Gasteiger partial charge in [0, 0.05) is 6.42 Å². The standard InChI is InChI=1S/C13H18O2/c1-10-5-3-4-6-11(10)12-9-13(2,14)7-8-15-12/h3-6,12,14H,7-9H2,1-2H3. The molecule has 2 nitrogen and oxygen atoms in total. The molecule has 2 heteroatoms. The predicted molar refractivity (Wildman–Crippen MR) is 59.7 cm³/mol. The number of aryl methyl sites for hydroxylation is 1. The van der Waals surface area contributed by atoms with E-state index in [4.69, 9.17) is 4.74 Å². The average Bonchev–Trinajstić information content (AvgIpc) is 2.17. The summed E-state index contributed by atoms with van der Waals surface area (Å²) in [5.74, 6) is 0. The Bertz CT molecular complexity index is 344. The quantitative estimate of drug-likeness (QED) is 0.765. The fourth-order valence-corrected chi connectivity index (χ4v) is 2.13. The highest BCUT2D eigenvalue weighted by Gasteiger charge is 2.31. The van der Waals surface area contributed by atoms with Gasteiger partial charge in [-0.15, -0.1) is 0 Å². The Kier molecular flexibility index (Phi) is 2.81. The van der Waals surface area contributed by atoms with E-state index < -0.39 is 5.60 Å². The molecule has 0 radical (unpaired) electrons. The van der Waals surface area contributed by atoms with Crippen LogP contribution in [0.25, 0.3) is 0 Å². The van der Waals surface area contributed by atoms with Crippen molar-refractivity contribution in [3.63, 3.8) is 0 Å². The normalized spacial score (nSPS) is 31.5. The van der Waals surface area contributed by atoms with Crippen LogP contribution in [0, 0.1) is 6.92 Å². The topological polar surface area (TPSA) is 29.5 Å². The van der Waals surface area contributed by atoms with Crippen molar-refractivity contribution >= 4 is 0 Å². The van der Waals surface area contributed by atoms with Gasteiger partial charge in [-0.3, -0.25) is 0 Å². The Morgan fingerprint density at radius 2 is 2.13 bits per heavy atom. The van der Waals surface area contributed by atoms with Crippen LogP contribution in [0.4, 0.5) is 0 Å². The van der Waals surface area contributed by atoms with Crippen molar-refractivity contribution in [1.82, 2.24) is 0 Å². The first-order valence-corrected chi connectivity index (χ1v) is 5.48. The zero-order chi connectivity index (χ0) is 10.9. The van der Waals surface area contributed by atoms with Crippen molar-refractivity contribution in [3.05, 3.63) is 35.4 Å². The Hall–Kier alpha value is -0.860. The van der Waals surface area contributed by atoms with Crippen LogP contribution in [-0.4, -0.2) is 17.3 Å². The molecule has 2 unspecified atom stereocenters. The second-order valence-electron chi connectivity index (χ2n) is 4.67. The van der Waals surface area contributed by atoms with Crippen molar-refractivity contribution in [2.24, 2.45) is 0 Å². The molecule has 1 heterocycles. The number of ether oxygens (including phenoxy) is 1. The fraction of sp³-hybridized carbons (Fsp3) is 0.538. The van der Waals surface area contributed by atoms with Gasteiger partial charge in [-0.2, -0.15) is 0 Å². The summed E-state index contributed by atoms with van der Waals surface area (Å²) in [7, 11) is 0. The third-order valence-corrected chi connectivity index (χ3v) is 3.12. The molecule has 1 saturated heterocycles. The van der Waals surface area contributed by atoms with Gasteiger partial charge in [0.1, 0.15) is 0 Å². The highest BCUT2D eigenvalue weighted by Crippen LogP contribution is 2.35. The molecule has 1 fully saturated rings. The number of rotatable bonds is 1. The van der Waals surface area contributed by atoms with E-state index in [1.807, 2.05) is 19.1 Å². The average molecular weight is 206 g/mol. The highest BCUT2D eigenvalue weighted by atomic mass is 16.5. The Morgan fingerprint density at radius 1 is 1.40 bits per heavy atom. The van der Waals surface area contributed by atoms with E-state index in [2.05, 4.69) is 19.1 Å². The van der Waals surface area contributed by atoms with Crippen molar-refractivity contribution in [2.75, 3.05) is 6.61 Å². The first kappa shape index (κ1) is 10.7. The second kappa shape index (κ2) is 3.95. The SMILES string of the molecule is Cc1ccccc1C1CC(C)(O)CCO1. The van der Waals surface area contributed by atoms with E-state index in [-0.39, 0.29) is 6.10 Å². The zero-order valence-electron chi connectivity index (χ0n) is 9.36. The van der Waals surface area contributed by atoms with Crippen LogP contribution in [0.2, 0.25) is 0 Å². The Labute approximate surface area is 90.9 Å². The van der Waals surface area contributed by atoms with Crippen molar-refractivity contribution in [1.29, 1.82) is 0 Å². The first-order valence-electron chi connectivity index (χ1n) is 5.48. The van der Waals surface area contributed by atoms with Crippen molar-refractivity contribution in [2.45, 2.75) is 38.4 Å². The maximum Gasteiger partial charge on any atom is 0.0854 e. The predicted octanol–water partition coefficient (Wildman–Crippen LogP) is 2.60. The van der Waals surface area contributed by atoms with Gasteiger partial charge >= 0.3 is 0 Å². The van der Waals surface area contributed by atoms with E-state index in [0.29, 0.717) is 13.0 Å². The van der Waals surface area contributed by atoms with E-state index in [1.165, 1.54) is 11.1 Å². The van der Waals surface area contributed by atoms with Gasteiger partial charge in [0.2, 0.25) is 0 Å². The van der Waals surface area contributed by atoms with Gasteiger partial charge in [-0.05, 0) is 31.4 Å². The third-order valence-electron chi connectivity index (χ3n) is 3.12. The summed E-state index contributed by atoms with van der Waals surface area (Å²) in [4.78, 5) is 0. The fourth-order valence-electron chi connectivity index (χ4n) is 2.13. The highest BCUT2D eigenvalue weighted by molar-refractivity contribution is 5.28. The Morgan fingerprint density at radius 3 is 2.80 bits per heavy atom. The molecule has 2 rings (SSSR count). The molecule has 82 valence electrons. The van der Waals surface area contributed by atoms with Crippen LogP contribution in [-0.2, 0) is 4.74 Å². The molecule has 15 heavy (non-hydrogen) atoms. The molecule has 1 aromatic carbocycles. The molecule has 0 bridgehead atoms. The van der Waals surface area contributed by atoms with Gasteiger partial charge in [0.05, 0.1) is 18.3 Å². The van der Waals surface area contributed by atoms with Gasteiger partial charge in [-0.25, -0.2) is 0 Å². The van der Waals surface area contributed by atoms with Gasteiger partial charge < -0.3 is 9.84 Å². The van der Waals surface area contributed by atoms with Crippen LogP contribution in [0.5, 0.6) is 0 Å². The largest absolute Gasteiger partial charge is 0.390 e. The summed E-state index contributed by atoms with van der Waals surface area (Å²) in [6.07, 6.45) is 1.47. The molecule has 0 saturated carbocycles. The van der Waals surface area contributed by atoms with Gasteiger partial charge in [0.25, 0.3) is 0 Å². The molecule has 2 atom stereocenters. The van der Waals surface area contributed by atoms with Crippen molar-refractivity contribution in [3.8, 4) is 0 Å². The number of hydrogen-bond donors (Lipinski definition) is 1. The zero-order valence-corrected chi connectivity index (χ0v) is 9.36. The smallest absolute Gasteiger partial charge is 0.0854 e. The molecule has 0 aliphatic carbocycles. The minimum Gasteiger partial charge on any atom is -0.390 e. The van der Waals surface area contributed by atoms with Crippen LogP contribution >= 0.6 is 0 Å². The summed E-state index contributed by atoms with van der Waals surface area (Å²) in [6.45, 7) is 4.62. The van der Waals surface area contributed by atoms with Gasteiger partial charge in [-0.1, -0.05) is 24.3 Å². The Balaban J connectivity index is 2.21. The summed E-state index contributed by atoms with van der Waals surface area (Å²) < 4.78 is 5.72. The van der Waals surface area contributed by atoms with E-state index >= 15 is 0 Å². The number of benzene rings is 1. The van der Waals surface area contributed by atoms with E-state index in [9.17, 15) is 5.11 Å². The molecule has 1 aliphatic rings. The second-order valence-corrected chi connectivity index (χ2v) is 4.67. The molecule has 0 amide bonds. The lowest BCUT2D eigenvalue weighted by atomic mass is 9.88.